The van der Waals surface area contributed by atoms with Gasteiger partial charge in [-0.25, -0.2) is 4.98 Å². The Morgan fingerprint density at radius 2 is 2.04 bits per heavy atom. The normalized spacial score (nSPS) is 12.3. The molecule has 0 radical (unpaired) electrons. The molecule has 5 heteroatoms. The van der Waals surface area contributed by atoms with Gasteiger partial charge in [0.05, 0.1) is 12.8 Å². The van der Waals surface area contributed by atoms with E-state index in [-0.39, 0.29) is 0 Å². The van der Waals surface area contributed by atoms with Crippen molar-refractivity contribution in [2.45, 2.75) is 33.2 Å². The number of aryl methyl sites for hydroxylation is 1. The summed E-state index contributed by atoms with van der Waals surface area (Å²) in [5, 5.41) is 8.23. The molecule has 0 spiro atoms. The average Bonchev–Trinajstić information content (AvgIpc) is 2.98. The second-order valence-corrected chi connectivity index (χ2v) is 5.74. The molecule has 0 saturated heterocycles. The number of methoxy groups -OCH3 is 1. The Labute approximate surface area is 136 Å². The van der Waals surface area contributed by atoms with E-state index < -0.39 is 0 Å². The van der Waals surface area contributed by atoms with E-state index in [4.69, 9.17) is 9.84 Å². The summed E-state index contributed by atoms with van der Waals surface area (Å²) in [7, 11) is 1.67. The fourth-order valence-corrected chi connectivity index (χ4v) is 2.55. The molecule has 2 aromatic heterocycles. The van der Waals surface area contributed by atoms with Crippen molar-refractivity contribution in [2.75, 3.05) is 12.4 Å². The number of benzene rings is 1. The third-order valence-corrected chi connectivity index (χ3v) is 3.94. The predicted molar refractivity (Wildman–Crippen MR) is 93.1 cm³/mol. The molecular formula is C18H22N4O. The zero-order valence-corrected chi connectivity index (χ0v) is 14.0. The zero-order chi connectivity index (χ0) is 16.4. The summed E-state index contributed by atoms with van der Waals surface area (Å²) in [5.74, 6) is 1.77. The first-order chi connectivity index (χ1) is 11.1. The maximum absolute atomic E-state index is 5.45. The lowest BCUT2D eigenvalue weighted by Crippen LogP contribution is -2.16. The van der Waals surface area contributed by atoms with Gasteiger partial charge in [0, 0.05) is 29.4 Å². The largest absolute Gasteiger partial charge is 0.496 e. The number of anilines is 1. The molecule has 0 aliphatic rings. The van der Waals surface area contributed by atoms with E-state index in [1.165, 1.54) is 0 Å². The van der Waals surface area contributed by atoms with Gasteiger partial charge in [0.15, 0.2) is 5.65 Å². The summed E-state index contributed by atoms with van der Waals surface area (Å²) in [6, 6.07) is 12.3. The van der Waals surface area contributed by atoms with Crippen LogP contribution in [0.2, 0.25) is 0 Å². The first-order valence-corrected chi connectivity index (χ1v) is 7.89. The van der Waals surface area contributed by atoms with E-state index in [9.17, 15) is 0 Å². The van der Waals surface area contributed by atoms with E-state index in [0.29, 0.717) is 6.04 Å². The maximum Gasteiger partial charge on any atom is 0.158 e. The highest BCUT2D eigenvalue weighted by Crippen LogP contribution is 2.29. The monoisotopic (exact) mass is 310 g/mol. The molecule has 2 heterocycles. The second-order valence-electron chi connectivity index (χ2n) is 5.74. The number of nitrogens with zero attached hydrogens (tertiary/aromatic N) is 3. The van der Waals surface area contributed by atoms with Gasteiger partial charge in [-0.15, -0.1) is 0 Å². The molecule has 120 valence electrons. The summed E-state index contributed by atoms with van der Waals surface area (Å²) in [6.45, 7) is 6.32. The van der Waals surface area contributed by atoms with Crippen molar-refractivity contribution in [1.29, 1.82) is 0 Å². The standard InChI is InChI=1S/C18H22N4O/c1-5-12(2)19-17-10-13(3)20-18-11-15(21-22(17)18)14-8-6-7-9-16(14)23-4/h6-12,19H,5H2,1-4H3/t12-/m0/s1. The van der Waals surface area contributed by atoms with Crippen molar-refractivity contribution in [3.05, 3.63) is 42.1 Å². The SMILES string of the molecule is CC[C@H](C)Nc1cc(C)nc2cc(-c3ccccc3OC)nn12. The van der Waals surface area contributed by atoms with Crippen LogP contribution in [0.25, 0.3) is 16.9 Å². The fraction of sp³-hybridized carbons (Fsp3) is 0.333. The van der Waals surface area contributed by atoms with Crippen LogP contribution in [0.4, 0.5) is 5.82 Å². The van der Waals surface area contributed by atoms with Crippen LogP contribution in [0.5, 0.6) is 5.75 Å². The van der Waals surface area contributed by atoms with E-state index in [0.717, 1.165) is 40.6 Å². The van der Waals surface area contributed by atoms with Crippen LogP contribution in [0, 0.1) is 6.92 Å². The third kappa shape index (κ3) is 2.99. The molecule has 1 atom stereocenters. The molecule has 5 nitrogen and oxygen atoms in total. The lowest BCUT2D eigenvalue weighted by atomic mass is 10.1. The average molecular weight is 310 g/mol. The Morgan fingerprint density at radius 1 is 1.26 bits per heavy atom. The fourth-order valence-electron chi connectivity index (χ4n) is 2.55. The number of hydrogen-bond acceptors (Lipinski definition) is 4. The van der Waals surface area contributed by atoms with Gasteiger partial charge in [-0.05, 0) is 32.4 Å². The Morgan fingerprint density at radius 3 is 2.78 bits per heavy atom. The van der Waals surface area contributed by atoms with Crippen LogP contribution in [0.3, 0.4) is 0 Å². The molecule has 0 bridgehead atoms. The highest BCUT2D eigenvalue weighted by molar-refractivity contribution is 5.71. The minimum atomic E-state index is 0.374. The first kappa shape index (κ1) is 15.3. The first-order valence-electron chi connectivity index (χ1n) is 7.89. The molecule has 0 fully saturated rings. The van der Waals surface area contributed by atoms with Crippen molar-refractivity contribution in [3.8, 4) is 17.0 Å². The second kappa shape index (κ2) is 6.28. The van der Waals surface area contributed by atoms with Crippen LogP contribution < -0.4 is 10.1 Å². The van der Waals surface area contributed by atoms with Gasteiger partial charge in [-0.3, -0.25) is 0 Å². The van der Waals surface area contributed by atoms with E-state index in [1.54, 1.807) is 7.11 Å². The quantitative estimate of drug-likeness (QED) is 0.776. The van der Waals surface area contributed by atoms with Gasteiger partial charge < -0.3 is 10.1 Å². The summed E-state index contributed by atoms with van der Waals surface area (Å²) >= 11 is 0. The van der Waals surface area contributed by atoms with E-state index in [2.05, 4.69) is 24.1 Å². The Hall–Kier alpha value is -2.56. The van der Waals surface area contributed by atoms with Crippen molar-refractivity contribution in [3.63, 3.8) is 0 Å². The van der Waals surface area contributed by atoms with Crippen LogP contribution >= 0.6 is 0 Å². The van der Waals surface area contributed by atoms with Gasteiger partial charge in [0.2, 0.25) is 0 Å². The number of hydrogen-bond donors (Lipinski definition) is 1. The van der Waals surface area contributed by atoms with E-state index >= 15 is 0 Å². The van der Waals surface area contributed by atoms with Gasteiger partial charge in [-0.2, -0.15) is 9.61 Å². The molecule has 0 aliphatic heterocycles. The predicted octanol–water partition coefficient (Wildman–Crippen LogP) is 3.92. The van der Waals surface area contributed by atoms with Gasteiger partial charge in [-0.1, -0.05) is 19.1 Å². The van der Waals surface area contributed by atoms with Crippen molar-refractivity contribution in [2.24, 2.45) is 0 Å². The number of nitrogens with one attached hydrogen (secondary N) is 1. The summed E-state index contributed by atoms with van der Waals surface area (Å²) < 4.78 is 7.31. The van der Waals surface area contributed by atoms with Crippen molar-refractivity contribution in [1.82, 2.24) is 14.6 Å². The molecule has 23 heavy (non-hydrogen) atoms. The Balaban J connectivity index is 2.13. The summed E-state index contributed by atoms with van der Waals surface area (Å²) in [5.41, 5.74) is 3.62. The summed E-state index contributed by atoms with van der Waals surface area (Å²) in [6.07, 6.45) is 1.05. The lowest BCUT2D eigenvalue weighted by Gasteiger charge is -2.14. The minimum Gasteiger partial charge on any atom is -0.496 e. The van der Waals surface area contributed by atoms with Crippen molar-refractivity contribution < 1.29 is 4.74 Å². The molecule has 3 rings (SSSR count). The van der Waals surface area contributed by atoms with Crippen LogP contribution in [0.1, 0.15) is 26.0 Å². The van der Waals surface area contributed by atoms with Crippen LogP contribution in [0.15, 0.2) is 36.4 Å². The Bertz CT molecular complexity index is 825. The highest BCUT2D eigenvalue weighted by Gasteiger charge is 2.13. The molecule has 1 N–H and O–H groups in total. The number of fused-ring (bicyclic) bond motifs is 1. The molecular weight excluding hydrogens is 288 g/mol. The molecule has 0 unspecified atom stereocenters. The highest BCUT2D eigenvalue weighted by atomic mass is 16.5. The van der Waals surface area contributed by atoms with Crippen LogP contribution in [-0.4, -0.2) is 27.7 Å². The number of rotatable bonds is 5. The molecule has 0 aliphatic carbocycles. The summed E-state index contributed by atoms with van der Waals surface area (Å²) in [4.78, 5) is 4.59. The molecule has 3 aromatic rings. The number of ether oxygens (including phenoxy) is 1. The van der Waals surface area contributed by atoms with E-state index in [1.807, 2.05) is 47.8 Å². The Kier molecular flexibility index (Phi) is 4.19. The molecule has 0 amide bonds. The maximum atomic E-state index is 5.45. The van der Waals surface area contributed by atoms with Crippen molar-refractivity contribution >= 4 is 11.5 Å². The minimum absolute atomic E-state index is 0.374. The number of para-hydroxylation sites is 1. The smallest absolute Gasteiger partial charge is 0.158 e. The molecule has 0 saturated carbocycles. The lowest BCUT2D eigenvalue weighted by molar-refractivity contribution is 0.416. The van der Waals surface area contributed by atoms with Crippen LogP contribution in [-0.2, 0) is 0 Å². The van der Waals surface area contributed by atoms with Gasteiger partial charge >= 0.3 is 0 Å². The zero-order valence-electron chi connectivity index (χ0n) is 14.0. The third-order valence-electron chi connectivity index (χ3n) is 3.94. The van der Waals surface area contributed by atoms with Gasteiger partial charge in [0.25, 0.3) is 0 Å². The van der Waals surface area contributed by atoms with Gasteiger partial charge in [0.1, 0.15) is 11.6 Å². The topological polar surface area (TPSA) is 51.5 Å². The number of aromatic nitrogens is 3. The molecule has 1 aromatic carbocycles.